The molecule has 0 bridgehead atoms. The monoisotopic (exact) mass is 350 g/mol. The molecule has 5 nitrogen and oxygen atoms in total. The number of nitrogens with one attached hydrogen (secondary N) is 1. The van der Waals surface area contributed by atoms with E-state index in [0.717, 1.165) is 17.7 Å². The average Bonchev–Trinajstić information content (AvgIpc) is 2.73. The summed E-state index contributed by atoms with van der Waals surface area (Å²) in [7, 11) is 0. The second kappa shape index (κ2) is 6.19. The molecule has 1 aliphatic heterocycles. The second-order valence-corrected chi connectivity index (χ2v) is 5.76. The molecule has 0 unspecified atom stereocenters. The van der Waals surface area contributed by atoms with Gasteiger partial charge < -0.3 is 5.32 Å². The van der Waals surface area contributed by atoms with Crippen molar-refractivity contribution in [1.29, 1.82) is 0 Å². The van der Waals surface area contributed by atoms with Gasteiger partial charge in [0.15, 0.2) is 0 Å². The highest BCUT2D eigenvalue weighted by atomic mass is 19.4. The summed E-state index contributed by atoms with van der Waals surface area (Å²) in [6.45, 7) is 0. The van der Waals surface area contributed by atoms with E-state index in [9.17, 15) is 28.1 Å². The lowest BCUT2D eigenvalue weighted by atomic mass is 9.97. The Kier molecular flexibility index (Phi) is 4.20. The Hall–Kier alpha value is -2.90. The Morgan fingerprint density at radius 3 is 2.52 bits per heavy atom. The minimum absolute atomic E-state index is 0.105. The van der Waals surface area contributed by atoms with Crippen LogP contribution in [0.5, 0.6) is 0 Å². The van der Waals surface area contributed by atoms with Crippen molar-refractivity contribution in [3.8, 4) is 11.1 Å². The predicted molar refractivity (Wildman–Crippen MR) is 85.1 cm³/mol. The largest absolute Gasteiger partial charge is 0.416 e. The zero-order chi connectivity index (χ0) is 18.2. The maximum absolute atomic E-state index is 12.8. The first kappa shape index (κ1) is 16.9. The smallest absolute Gasteiger partial charge is 0.326 e. The van der Waals surface area contributed by atoms with E-state index in [4.69, 9.17) is 0 Å². The minimum Gasteiger partial charge on any atom is -0.326 e. The highest BCUT2D eigenvalue weighted by molar-refractivity contribution is 5.93. The molecule has 8 heteroatoms. The van der Waals surface area contributed by atoms with Crippen LogP contribution in [-0.2, 0) is 17.4 Å². The lowest BCUT2D eigenvalue weighted by Crippen LogP contribution is -2.09. The molecule has 1 amide bonds. The van der Waals surface area contributed by atoms with Gasteiger partial charge in [0.25, 0.3) is 5.69 Å². The van der Waals surface area contributed by atoms with Gasteiger partial charge in [0.2, 0.25) is 5.91 Å². The number of nitro benzene ring substituents is 1. The average molecular weight is 350 g/mol. The Morgan fingerprint density at radius 1 is 1.08 bits per heavy atom. The van der Waals surface area contributed by atoms with E-state index in [1.165, 1.54) is 0 Å². The highest BCUT2D eigenvalue weighted by Crippen LogP contribution is 2.38. The summed E-state index contributed by atoms with van der Waals surface area (Å²) >= 11 is 0. The molecule has 0 spiro atoms. The van der Waals surface area contributed by atoms with Crippen molar-refractivity contribution < 1.29 is 22.9 Å². The SMILES string of the molecule is O=C1CCCc2cc(-c3ccc(C(F)(F)F)cc3[N+](=O)[O-])ccc2N1. The van der Waals surface area contributed by atoms with Crippen LogP contribution in [0.3, 0.4) is 0 Å². The number of hydrogen-bond donors (Lipinski definition) is 1. The fourth-order valence-electron chi connectivity index (χ4n) is 2.85. The zero-order valence-corrected chi connectivity index (χ0v) is 12.9. The highest BCUT2D eigenvalue weighted by Gasteiger charge is 2.33. The van der Waals surface area contributed by atoms with Crippen LogP contribution < -0.4 is 5.32 Å². The van der Waals surface area contributed by atoms with Crippen LogP contribution in [-0.4, -0.2) is 10.8 Å². The molecule has 25 heavy (non-hydrogen) atoms. The van der Waals surface area contributed by atoms with Gasteiger partial charge >= 0.3 is 6.18 Å². The fourth-order valence-corrected chi connectivity index (χ4v) is 2.85. The van der Waals surface area contributed by atoms with E-state index in [-0.39, 0.29) is 11.5 Å². The third-order valence-corrected chi connectivity index (χ3v) is 4.06. The van der Waals surface area contributed by atoms with Crippen molar-refractivity contribution in [1.82, 2.24) is 0 Å². The Balaban J connectivity index is 2.09. The summed E-state index contributed by atoms with van der Waals surface area (Å²) in [5, 5.41) is 14.0. The number of amides is 1. The van der Waals surface area contributed by atoms with E-state index in [1.807, 2.05) is 0 Å². The van der Waals surface area contributed by atoms with Crippen LogP contribution in [0.15, 0.2) is 36.4 Å². The number of aryl methyl sites for hydroxylation is 1. The Labute approximate surface area is 140 Å². The maximum Gasteiger partial charge on any atom is 0.416 e. The Bertz CT molecular complexity index is 863. The third kappa shape index (κ3) is 3.47. The Morgan fingerprint density at radius 2 is 1.84 bits per heavy atom. The molecule has 0 saturated carbocycles. The standard InChI is InChI=1S/C17H13F3N2O3/c18-17(19,20)12-5-6-13(15(9-12)22(24)25)10-4-7-14-11(8-10)2-1-3-16(23)21-14/h4-9H,1-3H2,(H,21,23). The van der Waals surface area contributed by atoms with E-state index in [0.29, 0.717) is 36.6 Å². The van der Waals surface area contributed by atoms with Crippen LogP contribution in [0, 0.1) is 10.1 Å². The number of anilines is 1. The molecular formula is C17H13F3N2O3. The first-order chi connectivity index (χ1) is 11.8. The normalized spacial score (nSPS) is 14.4. The summed E-state index contributed by atoms with van der Waals surface area (Å²) < 4.78 is 38.4. The predicted octanol–water partition coefficient (Wildman–Crippen LogP) is 4.56. The lowest BCUT2D eigenvalue weighted by molar-refractivity contribution is -0.384. The number of alkyl halides is 3. The molecule has 1 aliphatic rings. The van der Waals surface area contributed by atoms with Crippen LogP contribution in [0.4, 0.5) is 24.5 Å². The number of rotatable bonds is 2. The molecule has 0 saturated heterocycles. The van der Waals surface area contributed by atoms with Gasteiger partial charge in [-0.2, -0.15) is 13.2 Å². The van der Waals surface area contributed by atoms with E-state index in [2.05, 4.69) is 5.32 Å². The summed E-state index contributed by atoms with van der Waals surface area (Å²) in [4.78, 5) is 22.0. The van der Waals surface area contributed by atoms with Gasteiger partial charge in [-0.15, -0.1) is 0 Å². The van der Waals surface area contributed by atoms with E-state index < -0.39 is 22.4 Å². The number of carbonyl (C=O) groups excluding carboxylic acids is 1. The quantitative estimate of drug-likeness (QED) is 0.638. The number of fused-ring (bicyclic) bond motifs is 1. The van der Waals surface area contributed by atoms with Gasteiger partial charge in [-0.05, 0) is 48.2 Å². The van der Waals surface area contributed by atoms with Crippen LogP contribution in [0.25, 0.3) is 11.1 Å². The summed E-state index contributed by atoms with van der Waals surface area (Å²) in [6.07, 6.45) is -3.03. The topological polar surface area (TPSA) is 72.2 Å². The van der Waals surface area contributed by atoms with Crippen molar-refractivity contribution in [3.63, 3.8) is 0 Å². The van der Waals surface area contributed by atoms with Crippen molar-refractivity contribution >= 4 is 17.3 Å². The molecule has 0 atom stereocenters. The minimum atomic E-state index is -4.65. The van der Waals surface area contributed by atoms with Gasteiger partial charge in [0, 0.05) is 18.2 Å². The first-order valence-electron chi connectivity index (χ1n) is 7.54. The summed E-state index contributed by atoms with van der Waals surface area (Å²) in [6, 6.07) is 7.34. The lowest BCUT2D eigenvalue weighted by Gasteiger charge is -2.12. The first-order valence-corrected chi connectivity index (χ1v) is 7.54. The van der Waals surface area contributed by atoms with Crippen molar-refractivity contribution in [2.75, 3.05) is 5.32 Å². The van der Waals surface area contributed by atoms with Gasteiger partial charge in [0.1, 0.15) is 0 Å². The summed E-state index contributed by atoms with van der Waals surface area (Å²) in [5.41, 5.74) is 0.308. The van der Waals surface area contributed by atoms with Gasteiger partial charge in [-0.25, -0.2) is 0 Å². The number of nitrogens with zero attached hydrogens (tertiary/aromatic N) is 1. The van der Waals surface area contributed by atoms with Crippen LogP contribution in [0.2, 0.25) is 0 Å². The van der Waals surface area contributed by atoms with Crippen molar-refractivity contribution in [3.05, 3.63) is 57.6 Å². The zero-order valence-electron chi connectivity index (χ0n) is 12.9. The number of halogens is 3. The molecule has 2 aromatic rings. The molecule has 0 fully saturated rings. The molecule has 0 aliphatic carbocycles. The van der Waals surface area contributed by atoms with Gasteiger partial charge in [-0.1, -0.05) is 6.07 Å². The van der Waals surface area contributed by atoms with Crippen LogP contribution >= 0.6 is 0 Å². The van der Waals surface area contributed by atoms with Crippen LogP contribution in [0.1, 0.15) is 24.0 Å². The van der Waals surface area contributed by atoms with Crippen molar-refractivity contribution in [2.24, 2.45) is 0 Å². The molecule has 3 rings (SSSR count). The maximum atomic E-state index is 12.8. The van der Waals surface area contributed by atoms with E-state index in [1.54, 1.807) is 18.2 Å². The number of carbonyl (C=O) groups is 1. The molecule has 130 valence electrons. The third-order valence-electron chi connectivity index (χ3n) is 4.06. The van der Waals surface area contributed by atoms with Crippen molar-refractivity contribution in [2.45, 2.75) is 25.4 Å². The molecule has 0 aromatic heterocycles. The van der Waals surface area contributed by atoms with E-state index >= 15 is 0 Å². The molecule has 0 radical (unpaired) electrons. The number of benzene rings is 2. The second-order valence-electron chi connectivity index (χ2n) is 5.76. The fraction of sp³-hybridized carbons (Fsp3) is 0.235. The number of nitro groups is 1. The van der Waals surface area contributed by atoms with Gasteiger partial charge in [-0.3, -0.25) is 14.9 Å². The molecular weight excluding hydrogens is 337 g/mol. The number of hydrogen-bond acceptors (Lipinski definition) is 3. The molecule has 1 heterocycles. The molecule has 1 N–H and O–H groups in total. The van der Waals surface area contributed by atoms with Gasteiger partial charge in [0.05, 0.1) is 16.1 Å². The molecule has 2 aromatic carbocycles. The summed E-state index contributed by atoms with van der Waals surface area (Å²) in [5.74, 6) is -0.105.